The molecule has 1 aliphatic heterocycles. The smallest absolute Gasteiger partial charge is 0.351 e. The Hall–Kier alpha value is -1.56. The van der Waals surface area contributed by atoms with Crippen LogP contribution in [0, 0.1) is 5.92 Å². The number of amides is 1. The Morgan fingerprint density at radius 3 is 2.52 bits per heavy atom. The minimum atomic E-state index is -4.41. The van der Waals surface area contributed by atoms with Crippen LogP contribution >= 0.6 is 0 Å². The molecule has 2 atom stereocenters. The van der Waals surface area contributed by atoms with E-state index in [1.165, 1.54) is 6.07 Å². The quantitative estimate of drug-likeness (QED) is 0.895. The highest BCUT2D eigenvalue weighted by Crippen LogP contribution is 2.33. The zero-order chi connectivity index (χ0) is 17.3. The summed E-state index contributed by atoms with van der Waals surface area (Å²) in [7, 11) is 0. The fourth-order valence-corrected chi connectivity index (χ4v) is 2.75. The summed E-state index contributed by atoms with van der Waals surface area (Å²) >= 11 is 0. The predicted octanol–water partition coefficient (Wildman–Crippen LogP) is 3.10. The Bertz CT molecular complexity index is 569. The van der Waals surface area contributed by atoms with E-state index >= 15 is 0 Å². The highest BCUT2D eigenvalue weighted by molar-refractivity contribution is 5.87. The molecule has 1 heterocycles. The van der Waals surface area contributed by atoms with E-state index in [0.29, 0.717) is 18.0 Å². The molecule has 0 aliphatic carbocycles. The predicted molar refractivity (Wildman–Crippen MR) is 83.1 cm³/mol. The van der Waals surface area contributed by atoms with Crippen LogP contribution in [0.5, 0.6) is 0 Å². The van der Waals surface area contributed by atoms with E-state index in [0.717, 1.165) is 25.1 Å². The number of rotatable bonds is 3. The summed E-state index contributed by atoms with van der Waals surface area (Å²) in [5.74, 6) is 0.0925. The second-order valence-corrected chi connectivity index (χ2v) is 6.75. The van der Waals surface area contributed by atoms with Gasteiger partial charge in [-0.3, -0.25) is 4.79 Å². The van der Waals surface area contributed by atoms with E-state index in [-0.39, 0.29) is 11.9 Å². The van der Waals surface area contributed by atoms with Gasteiger partial charge >= 0.3 is 6.18 Å². The molecule has 6 heteroatoms. The maximum Gasteiger partial charge on any atom is 0.416 e. The van der Waals surface area contributed by atoms with Gasteiger partial charge in [-0.25, -0.2) is 0 Å². The molecule has 2 rings (SSSR count). The van der Waals surface area contributed by atoms with Crippen LogP contribution in [-0.2, 0) is 16.4 Å². The molecule has 1 amide bonds. The van der Waals surface area contributed by atoms with E-state index in [9.17, 15) is 18.0 Å². The van der Waals surface area contributed by atoms with E-state index in [1.54, 1.807) is 19.9 Å². The topological polar surface area (TPSA) is 41.1 Å². The number of carbonyl (C=O) groups is 1. The Kier molecular flexibility index (Phi) is 5.04. The lowest BCUT2D eigenvalue weighted by Crippen LogP contribution is -2.54. The third-order valence-corrected chi connectivity index (χ3v) is 4.62. The summed E-state index contributed by atoms with van der Waals surface area (Å²) < 4.78 is 38.6. The number of halogens is 3. The number of nitrogens with one attached hydrogen (secondary N) is 2. The van der Waals surface area contributed by atoms with Crippen LogP contribution in [0.4, 0.5) is 13.2 Å². The molecule has 0 radical (unpaired) electrons. The van der Waals surface area contributed by atoms with Gasteiger partial charge in [-0.1, -0.05) is 25.1 Å². The second kappa shape index (κ2) is 6.51. The molecular formula is C17H23F3N2O. The fraction of sp³-hybridized carbons (Fsp3) is 0.588. The van der Waals surface area contributed by atoms with Crippen molar-refractivity contribution < 1.29 is 18.0 Å². The summed E-state index contributed by atoms with van der Waals surface area (Å²) in [5, 5.41) is 6.21. The van der Waals surface area contributed by atoms with Crippen LogP contribution in [0.3, 0.4) is 0 Å². The maximum atomic E-state index is 12.9. The average Bonchev–Trinajstić information content (AvgIpc) is 2.48. The molecule has 1 aromatic carbocycles. The lowest BCUT2D eigenvalue weighted by molar-refractivity contribution is -0.138. The minimum absolute atomic E-state index is 0.00123. The van der Waals surface area contributed by atoms with Crippen LogP contribution < -0.4 is 10.6 Å². The van der Waals surface area contributed by atoms with Gasteiger partial charge in [0.1, 0.15) is 0 Å². The third-order valence-electron chi connectivity index (χ3n) is 4.62. The average molecular weight is 328 g/mol. The van der Waals surface area contributed by atoms with E-state index in [1.807, 2.05) is 0 Å². The third kappa shape index (κ3) is 4.05. The van der Waals surface area contributed by atoms with Gasteiger partial charge in [0.05, 0.1) is 11.0 Å². The molecule has 2 unspecified atom stereocenters. The van der Waals surface area contributed by atoms with Gasteiger partial charge in [0.25, 0.3) is 0 Å². The van der Waals surface area contributed by atoms with Crippen molar-refractivity contribution in [1.82, 2.24) is 10.6 Å². The van der Waals surface area contributed by atoms with Gasteiger partial charge in [-0.05, 0) is 44.4 Å². The van der Waals surface area contributed by atoms with Gasteiger partial charge in [-0.15, -0.1) is 0 Å². The monoisotopic (exact) mass is 328 g/mol. The SMILES string of the molecule is CC1CCNCC1NC(=O)C(C)(C)c1cccc(C(F)(F)F)c1. The lowest BCUT2D eigenvalue weighted by atomic mass is 9.82. The number of alkyl halides is 3. The molecular weight excluding hydrogens is 305 g/mol. The zero-order valence-electron chi connectivity index (χ0n) is 13.6. The van der Waals surface area contributed by atoms with Gasteiger partial charge in [0.15, 0.2) is 0 Å². The van der Waals surface area contributed by atoms with E-state index < -0.39 is 17.2 Å². The number of benzene rings is 1. The summed E-state index contributed by atoms with van der Waals surface area (Å²) in [5.41, 5.74) is -1.40. The first-order valence-corrected chi connectivity index (χ1v) is 7.82. The van der Waals surface area contributed by atoms with Gasteiger partial charge in [-0.2, -0.15) is 13.2 Å². The molecule has 0 bridgehead atoms. The van der Waals surface area contributed by atoms with Gasteiger partial charge < -0.3 is 10.6 Å². The molecule has 1 fully saturated rings. The minimum Gasteiger partial charge on any atom is -0.351 e. The molecule has 1 aromatic rings. The fourth-order valence-electron chi connectivity index (χ4n) is 2.75. The van der Waals surface area contributed by atoms with Crippen LogP contribution in [0.25, 0.3) is 0 Å². The first-order valence-electron chi connectivity index (χ1n) is 7.82. The number of carbonyl (C=O) groups excluding carboxylic acids is 1. The van der Waals surface area contributed by atoms with Gasteiger partial charge in [0.2, 0.25) is 5.91 Å². The molecule has 1 aliphatic rings. The summed E-state index contributed by atoms with van der Waals surface area (Å²) in [6, 6.07) is 4.99. The summed E-state index contributed by atoms with van der Waals surface area (Å²) in [4.78, 5) is 12.6. The second-order valence-electron chi connectivity index (χ2n) is 6.75. The Balaban J connectivity index is 2.18. The number of piperidine rings is 1. The first-order chi connectivity index (χ1) is 10.6. The lowest BCUT2D eigenvalue weighted by Gasteiger charge is -2.34. The zero-order valence-corrected chi connectivity index (χ0v) is 13.6. The van der Waals surface area contributed by atoms with Crippen molar-refractivity contribution in [3.63, 3.8) is 0 Å². The van der Waals surface area contributed by atoms with Crippen molar-refractivity contribution in [1.29, 1.82) is 0 Å². The van der Waals surface area contributed by atoms with Crippen molar-refractivity contribution in [2.24, 2.45) is 5.92 Å². The highest BCUT2D eigenvalue weighted by Gasteiger charge is 2.36. The van der Waals surface area contributed by atoms with Crippen LogP contribution in [0.1, 0.15) is 38.3 Å². The van der Waals surface area contributed by atoms with Crippen molar-refractivity contribution in [2.75, 3.05) is 13.1 Å². The molecule has 23 heavy (non-hydrogen) atoms. The number of hydrogen-bond acceptors (Lipinski definition) is 2. The van der Waals surface area contributed by atoms with Crippen LogP contribution in [0.15, 0.2) is 24.3 Å². The van der Waals surface area contributed by atoms with Crippen molar-refractivity contribution in [3.8, 4) is 0 Å². The molecule has 2 N–H and O–H groups in total. The highest BCUT2D eigenvalue weighted by atomic mass is 19.4. The Morgan fingerprint density at radius 2 is 1.91 bits per heavy atom. The summed E-state index contributed by atoms with van der Waals surface area (Å²) in [6.45, 7) is 6.98. The molecule has 0 saturated carbocycles. The first kappa shape index (κ1) is 17.8. The largest absolute Gasteiger partial charge is 0.416 e. The molecule has 3 nitrogen and oxygen atoms in total. The maximum absolute atomic E-state index is 12.9. The van der Waals surface area contributed by atoms with Gasteiger partial charge in [0, 0.05) is 12.6 Å². The molecule has 0 aromatic heterocycles. The van der Waals surface area contributed by atoms with E-state index in [2.05, 4.69) is 17.6 Å². The molecule has 1 saturated heterocycles. The van der Waals surface area contributed by atoms with Crippen molar-refractivity contribution >= 4 is 5.91 Å². The molecule has 0 spiro atoms. The van der Waals surface area contributed by atoms with Crippen LogP contribution in [-0.4, -0.2) is 25.0 Å². The molecule has 128 valence electrons. The Morgan fingerprint density at radius 1 is 1.26 bits per heavy atom. The standard InChI is InChI=1S/C17H23F3N2O/c1-11-7-8-21-10-14(11)22-15(23)16(2,3)12-5-4-6-13(9-12)17(18,19)20/h4-6,9,11,14,21H,7-8,10H2,1-3H3,(H,22,23). The number of hydrogen-bond donors (Lipinski definition) is 2. The van der Waals surface area contributed by atoms with E-state index in [4.69, 9.17) is 0 Å². The summed E-state index contributed by atoms with van der Waals surface area (Å²) in [6.07, 6.45) is -3.45. The van der Waals surface area contributed by atoms with Crippen molar-refractivity contribution in [3.05, 3.63) is 35.4 Å². The van der Waals surface area contributed by atoms with Crippen molar-refractivity contribution in [2.45, 2.75) is 44.8 Å². The normalized spacial score (nSPS) is 22.7. The van der Waals surface area contributed by atoms with Crippen LogP contribution in [0.2, 0.25) is 0 Å². The Labute approximate surface area is 134 Å².